The van der Waals surface area contributed by atoms with Crippen molar-refractivity contribution in [2.45, 2.75) is 25.9 Å². The van der Waals surface area contributed by atoms with Crippen LogP contribution in [-0.2, 0) is 22.7 Å². The second-order valence-corrected chi connectivity index (χ2v) is 7.60. The Labute approximate surface area is 171 Å². The van der Waals surface area contributed by atoms with Crippen molar-refractivity contribution >= 4 is 11.8 Å². The summed E-state index contributed by atoms with van der Waals surface area (Å²) in [6.45, 7) is 2.51. The molecule has 0 spiro atoms. The van der Waals surface area contributed by atoms with Crippen LogP contribution >= 0.6 is 0 Å². The number of likely N-dealkylation sites (tertiary alicyclic amines) is 1. The van der Waals surface area contributed by atoms with E-state index in [1.165, 1.54) is 6.07 Å². The molecule has 2 aromatic carbocycles. The lowest BCUT2D eigenvalue weighted by atomic mass is 9.96. The fourth-order valence-corrected chi connectivity index (χ4v) is 3.56. The van der Waals surface area contributed by atoms with E-state index in [1.54, 1.807) is 30.1 Å². The second-order valence-electron chi connectivity index (χ2n) is 7.60. The van der Waals surface area contributed by atoms with Gasteiger partial charge in [0.2, 0.25) is 11.8 Å². The first-order valence-electron chi connectivity index (χ1n) is 10.0. The van der Waals surface area contributed by atoms with Gasteiger partial charge in [-0.15, -0.1) is 0 Å². The van der Waals surface area contributed by atoms with Gasteiger partial charge in [-0.3, -0.25) is 14.5 Å². The fourth-order valence-electron chi connectivity index (χ4n) is 3.56. The zero-order valence-electron chi connectivity index (χ0n) is 16.8. The molecule has 1 aliphatic heterocycles. The minimum absolute atomic E-state index is 0.0128. The van der Waals surface area contributed by atoms with Gasteiger partial charge >= 0.3 is 0 Å². The normalized spacial score (nSPS) is 15.1. The highest BCUT2D eigenvalue weighted by molar-refractivity contribution is 5.79. The van der Waals surface area contributed by atoms with Gasteiger partial charge in [0.1, 0.15) is 5.82 Å². The largest absolute Gasteiger partial charge is 0.352 e. The van der Waals surface area contributed by atoms with Crippen molar-refractivity contribution in [3.63, 3.8) is 0 Å². The molecule has 1 N–H and O–H groups in total. The zero-order valence-corrected chi connectivity index (χ0v) is 16.8. The summed E-state index contributed by atoms with van der Waals surface area (Å²) in [4.78, 5) is 28.5. The average Bonchev–Trinajstić information content (AvgIpc) is 2.75. The molecule has 2 aromatic rings. The van der Waals surface area contributed by atoms with Crippen molar-refractivity contribution in [1.29, 1.82) is 0 Å². The summed E-state index contributed by atoms with van der Waals surface area (Å²) in [6.07, 6.45) is 1.48. The molecule has 0 unspecified atom stereocenters. The number of rotatable bonds is 7. The highest BCUT2D eigenvalue weighted by Gasteiger charge is 2.26. The molecule has 1 saturated heterocycles. The van der Waals surface area contributed by atoms with Crippen LogP contribution in [0.2, 0.25) is 0 Å². The standard InChI is InChI=1S/C23H28FN3O2/c1-26(16-20-9-5-6-10-21(20)24)22(28)17-27-13-11-19(12-14-27)23(29)25-15-18-7-3-2-4-8-18/h2-10,19H,11-17H2,1H3,(H,25,29). The summed E-state index contributed by atoms with van der Waals surface area (Å²) in [6, 6.07) is 16.4. The molecule has 154 valence electrons. The molecule has 0 bridgehead atoms. The number of carbonyl (C=O) groups is 2. The van der Waals surface area contributed by atoms with Crippen molar-refractivity contribution in [2.75, 3.05) is 26.7 Å². The van der Waals surface area contributed by atoms with Crippen LogP contribution in [0.4, 0.5) is 4.39 Å². The molecule has 5 nitrogen and oxygen atoms in total. The molecule has 0 saturated carbocycles. The maximum Gasteiger partial charge on any atom is 0.236 e. The average molecular weight is 397 g/mol. The van der Waals surface area contributed by atoms with Crippen LogP contribution in [-0.4, -0.2) is 48.3 Å². The lowest BCUT2D eigenvalue weighted by molar-refractivity contribution is -0.132. The highest BCUT2D eigenvalue weighted by Crippen LogP contribution is 2.18. The Hall–Kier alpha value is -2.73. The number of hydrogen-bond donors (Lipinski definition) is 1. The molecule has 0 aromatic heterocycles. The Morgan fingerprint density at radius 1 is 1.07 bits per heavy atom. The molecule has 29 heavy (non-hydrogen) atoms. The Morgan fingerprint density at radius 3 is 2.41 bits per heavy atom. The van der Waals surface area contributed by atoms with Crippen LogP contribution in [0.5, 0.6) is 0 Å². The number of carbonyl (C=O) groups excluding carboxylic acids is 2. The number of nitrogens with zero attached hydrogens (tertiary/aromatic N) is 2. The van der Waals surface area contributed by atoms with E-state index in [2.05, 4.69) is 10.2 Å². The van der Waals surface area contributed by atoms with Crippen LogP contribution < -0.4 is 5.32 Å². The summed E-state index contributed by atoms with van der Waals surface area (Å²) in [5, 5.41) is 3.01. The molecule has 6 heteroatoms. The van der Waals surface area contributed by atoms with Crippen LogP contribution in [0.3, 0.4) is 0 Å². The van der Waals surface area contributed by atoms with Crippen LogP contribution in [0.25, 0.3) is 0 Å². The molecule has 1 heterocycles. The third-order valence-corrected chi connectivity index (χ3v) is 5.42. The highest BCUT2D eigenvalue weighted by atomic mass is 19.1. The number of benzene rings is 2. The van der Waals surface area contributed by atoms with E-state index in [0.717, 1.165) is 18.4 Å². The smallest absolute Gasteiger partial charge is 0.236 e. The lowest BCUT2D eigenvalue weighted by Gasteiger charge is -2.32. The van der Waals surface area contributed by atoms with Gasteiger partial charge in [0, 0.05) is 31.6 Å². The summed E-state index contributed by atoms with van der Waals surface area (Å²) >= 11 is 0. The lowest BCUT2D eigenvalue weighted by Crippen LogP contribution is -2.44. The van der Waals surface area contributed by atoms with Gasteiger partial charge in [0.15, 0.2) is 0 Å². The Kier molecular flexibility index (Phi) is 7.36. The van der Waals surface area contributed by atoms with Crippen molar-refractivity contribution in [1.82, 2.24) is 15.1 Å². The van der Waals surface area contributed by atoms with Crippen LogP contribution in [0, 0.1) is 11.7 Å². The maximum absolute atomic E-state index is 13.8. The predicted octanol–water partition coefficient (Wildman–Crippen LogP) is 2.81. The SMILES string of the molecule is CN(Cc1ccccc1F)C(=O)CN1CCC(C(=O)NCc2ccccc2)CC1. The summed E-state index contributed by atoms with van der Waals surface area (Å²) < 4.78 is 13.8. The van der Waals surface area contributed by atoms with Crippen molar-refractivity contribution in [2.24, 2.45) is 5.92 Å². The van der Waals surface area contributed by atoms with E-state index in [0.29, 0.717) is 31.7 Å². The first-order chi connectivity index (χ1) is 14.0. The maximum atomic E-state index is 13.8. The molecule has 0 radical (unpaired) electrons. The molecule has 0 aliphatic carbocycles. The van der Waals surface area contributed by atoms with Gasteiger partial charge in [-0.1, -0.05) is 48.5 Å². The monoisotopic (exact) mass is 397 g/mol. The third kappa shape index (κ3) is 6.12. The van der Waals surface area contributed by atoms with E-state index in [-0.39, 0.29) is 30.1 Å². The molecular weight excluding hydrogens is 369 g/mol. The Morgan fingerprint density at radius 2 is 1.72 bits per heavy atom. The molecule has 0 atom stereocenters. The molecule has 1 fully saturated rings. The van der Waals surface area contributed by atoms with Gasteiger partial charge < -0.3 is 10.2 Å². The third-order valence-electron chi connectivity index (χ3n) is 5.42. The van der Waals surface area contributed by atoms with Crippen LogP contribution in [0.15, 0.2) is 54.6 Å². The fraction of sp³-hybridized carbons (Fsp3) is 0.391. The van der Waals surface area contributed by atoms with Gasteiger partial charge in [-0.25, -0.2) is 4.39 Å². The Balaban J connectivity index is 1.40. The quantitative estimate of drug-likeness (QED) is 0.782. The summed E-state index contributed by atoms with van der Waals surface area (Å²) in [5.74, 6) is -0.271. The molecular formula is C23H28FN3O2. The van der Waals surface area contributed by atoms with Gasteiger partial charge in [0.05, 0.1) is 6.54 Å². The minimum Gasteiger partial charge on any atom is -0.352 e. The predicted molar refractivity (Wildman–Crippen MR) is 110 cm³/mol. The van der Waals surface area contributed by atoms with E-state index in [1.807, 2.05) is 30.3 Å². The minimum atomic E-state index is -0.297. The summed E-state index contributed by atoms with van der Waals surface area (Å²) in [5.41, 5.74) is 1.60. The number of halogens is 1. The molecule has 2 amide bonds. The van der Waals surface area contributed by atoms with Gasteiger partial charge in [-0.05, 0) is 37.6 Å². The second kappa shape index (κ2) is 10.2. The first-order valence-corrected chi connectivity index (χ1v) is 10.0. The van der Waals surface area contributed by atoms with Gasteiger partial charge in [0.25, 0.3) is 0 Å². The van der Waals surface area contributed by atoms with Crippen molar-refractivity contribution in [3.8, 4) is 0 Å². The number of hydrogen-bond acceptors (Lipinski definition) is 3. The van der Waals surface area contributed by atoms with Gasteiger partial charge in [-0.2, -0.15) is 0 Å². The number of amides is 2. The summed E-state index contributed by atoms with van der Waals surface area (Å²) in [7, 11) is 1.69. The first kappa shape index (κ1) is 21.0. The topological polar surface area (TPSA) is 52.7 Å². The van der Waals surface area contributed by atoms with Crippen LogP contribution in [0.1, 0.15) is 24.0 Å². The molecule has 3 rings (SSSR count). The van der Waals surface area contributed by atoms with Crippen molar-refractivity contribution in [3.05, 3.63) is 71.5 Å². The van der Waals surface area contributed by atoms with E-state index in [9.17, 15) is 14.0 Å². The Bertz CT molecular complexity index is 820. The number of piperidine rings is 1. The molecule has 1 aliphatic rings. The van der Waals surface area contributed by atoms with E-state index in [4.69, 9.17) is 0 Å². The zero-order chi connectivity index (χ0) is 20.6. The van der Waals surface area contributed by atoms with E-state index < -0.39 is 0 Å². The van der Waals surface area contributed by atoms with E-state index >= 15 is 0 Å². The van der Waals surface area contributed by atoms with Crippen molar-refractivity contribution < 1.29 is 14.0 Å². The number of nitrogens with one attached hydrogen (secondary N) is 1. The number of likely N-dealkylation sites (N-methyl/N-ethyl adjacent to an activating group) is 1.